The van der Waals surface area contributed by atoms with Crippen LogP contribution in [0.4, 0.5) is 0 Å². The van der Waals surface area contributed by atoms with Gasteiger partial charge in [0.2, 0.25) is 23.6 Å². The van der Waals surface area contributed by atoms with E-state index < -0.39 is 65.7 Å². The molecule has 2 aromatic carbocycles. The largest absolute Gasteiger partial charge is 0.494 e. The summed E-state index contributed by atoms with van der Waals surface area (Å²) in [4.78, 5) is 131. The number of H-pyrrole nitrogens is 1. The van der Waals surface area contributed by atoms with Gasteiger partial charge in [0, 0.05) is 107 Å². The first kappa shape index (κ1) is 70.5. The zero-order valence-electron chi connectivity index (χ0n) is 51.1. The summed E-state index contributed by atoms with van der Waals surface area (Å²) in [5, 5.41) is 8.42. The molecule has 0 bridgehead atoms. The lowest BCUT2D eigenvalue weighted by molar-refractivity contribution is -0.137. The molecule has 0 unspecified atom stereocenters. The number of rotatable bonds is 43. The van der Waals surface area contributed by atoms with Gasteiger partial charge in [-0.1, -0.05) is 69.2 Å². The third kappa shape index (κ3) is 25.6. The van der Waals surface area contributed by atoms with Crippen molar-refractivity contribution in [2.24, 2.45) is 51.8 Å². The van der Waals surface area contributed by atoms with E-state index in [4.69, 9.17) is 31.7 Å². The van der Waals surface area contributed by atoms with E-state index in [1.54, 1.807) is 26.2 Å². The summed E-state index contributed by atoms with van der Waals surface area (Å²) < 4.78 is 12.3. The number of carbonyl (C=O) groups excluding carboxylic acids is 8. The number of aryl methyl sites for hydroxylation is 1. The summed E-state index contributed by atoms with van der Waals surface area (Å²) in [6, 6.07) is 14.8. The number of amides is 4. The first-order valence-corrected chi connectivity index (χ1v) is 31.4. The maximum absolute atomic E-state index is 14.4. The number of Topliss-reactive ketones (excluding diaryl/α,β-unsaturated/α-hetero) is 4. The molecule has 0 saturated heterocycles. The number of aliphatic imine (C=N–C) groups is 1. The zero-order chi connectivity index (χ0) is 63.1. The van der Waals surface area contributed by atoms with Crippen molar-refractivity contribution in [2.75, 3.05) is 53.6 Å². The minimum Gasteiger partial charge on any atom is -0.494 e. The van der Waals surface area contributed by atoms with Crippen molar-refractivity contribution < 1.29 is 47.8 Å². The van der Waals surface area contributed by atoms with Crippen molar-refractivity contribution in [3.05, 3.63) is 106 Å². The van der Waals surface area contributed by atoms with E-state index in [2.05, 4.69) is 51.8 Å². The molecule has 1 aliphatic rings. The van der Waals surface area contributed by atoms with Gasteiger partial charge in [0.05, 0.1) is 35.2 Å². The number of imidazole rings is 1. The zero-order valence-corrected chi connectivity index (χ0v) is 52.7. The summed E-state index contributed by atoms with van der Waals surface area (Å²) in [7, 11) is 3.39. The summed E-state index contributed by atoms with van der Waals surface area (Å²) in [6.45, 7) is 4.39. The topological polar surface area (TPSA) is 339 Å². The van der Waals surface area contributed by atoms with Crippen molar-refractivity contribution in [3.8, 4) is 5.75 Å². The Morgan fingerprint density at radius 3 is 2.17 bits per heavy atom. The first-order valence-electron chi connectivity index (χ1n) is 30.6. The van der Waals surface area contributed by atoms with Crippen molar-refractivity contribution in [1.29, 1.82) is 0 Å². The van der Waals surface area contributed by atoms with Crippen molar-refractivity contribution in [1.82, 2.24) is 40.8 Å². The number of carbonyl (C=O) groups is 8. The molecule has 4 aromatic rings. The van der Waals surface area contributed by atoms with Gasteiger partial charge in [-0.2, -0.15) is 0 Å². The van der Waals surface area contributed by atoms with E-state index in [1.165, 1.54) is 13.4 Å². The van der Waals surface area contributed by atoms with Crippen molar-refractivity contribution in [3.63, 3.8) is 0 Å². The van der Waals surface area contributed by atoms with Crippen LogP contribution in [-0.2, 0) is 68.8 Å². The van der Waals surface area contributed by atoms with Gasteiger partial charge in [-0.15, -0.1) is 0 Å². The Bertz CT molecular complexity index is 2850. The summed E-state index contributed by atoms with van der Waals surface area (Å²) in [5.41, 5.74) is 20.3. The predicted molar refractivity (Wildman–Crippen MR) is 335 cm³/mol. The number of nitrogens with zero attached hydrogens (tertiary/aromatic N) is 5. The van der Waals surface area contributed by atoms with Gasteiger partial charge in [-0.25, -0.2) is 15.0 Å². The number of hydrogen-bond acceptors (Lipinski definition) is 15. The van der Waals surface area contributed by atoms with Crippen LogP contribution in [0.2, 0.25) is 0 Å². The number of nitrogens with one attached hydrogen (secondary N) is 4. The van der Waals surface area contributed by atoms with Crippen LogP contribution in [0, 0.1) is 29.6 Å². The second-order valence-electron chi connectivity index (χ2n) is 23.0. The molecule has 23 heteroatoms. The van der Waals surface area contributed by atoms with Crippen LogP contribution in [0.1, 0.15) is 138 Å². The van der Waals surface area contributed by atoms with E-state index in [9.17, 15) is 38.4 Å². The molecule has 474 valence electrons. The van der Waals surface area contributed by atoms with Crippen LogP contribution in [0.3, 0.4) is 0 Å². The Morgan fingerprint density at radius 1 is 0.782 bits per heavy atom. The molecule has 2 aromatic heterocycles. The van der Waals surface area contributed by atoms with E-state index in [0.717, 1.165) is 66.4 Å². The molecule has 5 atom stereocenters. The van der Waals surface area contributed by atoms with Gasteiger partial charge in [0.25, 0.3) is 0 Å². The Kier molecular flexibility index (Phi) is 30.9. The van der Waals surface area contributed by atoms with E-state index in [1.807, 2.05) is 66.5 Å². The third-order valence-corrected chi connectivity index (χ3v) is 16.3. The highest BCUT2D eigenvalue weighted by Gasteiger charge is 2.35. The monoisotopic (exact) mass is 1270 g/mol. The fourth-order valence-electron chi connectivity index (χ4n) is 10.3. The number of aromatic nitrogens is 4. The van der Waals surface area contributed by atoms with E-state index >= 15 is 0 Å². The van der Waals surface area contributed by atoms with Crippen LogP contribution in [0.25, 0.3) is 0 Å². The molecule has 0 spiro atoms. The number of benzene rings is 2. The van der Waals surface area contributed by atoms with Crippen LogP contribution >= 0.6 is 15.9 Å². The SMILES string of the molecule is CNC(=O)[C@@H](CC(=O)[C@H](Cc1cnc[nH]1)NC(=O)[C@@H](CC(=O)[C@H](CCCN=C(N)N)NC(=O)[C@H](CCCCN)CC(=O)COCC(=O)CCCOc1ccc(Cc2ncc(Br)c(CCCCN(C)C(=O)C3CCC3)n2)cc1)C(C)C)Cc1ccccc1. The first-order chi connectivity index (χ1) is 41.8. The molecule has 5 rings (SSSR count). The lowest BCUT2D eigenvalue weighted by Gasteiger charge is -2.29. The number of halogens is 1. The van der Waals surface area contributed by atoms with Crippen LogP contribution in [0.15, 0.2) is 82.8 Å². The molecular weight excluding hydrogens is 1180 g/mol. The summed E-state index contributed by atoms with van der Waals surface area (Å²) >= 11 is 3.59. The highest BCUT2D eigenvalue weighted by molar-refractivity contribution is 9.10. The third-order valence-electron chi connectivity index (χ3n) is 15.7. The van der Waals surface area contributed by atoms with Gasteiger partial charge in [0.15, 0.2) is 29.1 Å². The Balaban J connectivity index is 1.10. The fraction of sp³-hybridized carbons (Fsp3) is 0.562. The maximum atomic E-state index is 14.4. The minimum atomic E-state index is -1.10. The fourth-order valence-corrected chi connectivity index (χ4v) is 10.7. The number of nitrogens with two attached hydrogens (primary N) is 3. The smallest absolute Gasteiger partial charge is 0.225 e. The number of aromatic amines is 1. The quantitative estimate of drug-likeness (QED) is 0.0160. The molecule has 1 aliphatic carbocycles. The van der Waals surface area contributed by atoms with Gasteiger partial charge in [0.1, 0.15) is 24.8 Å². The minimum absolute atomic E-state index is 0.0534. The van der Waals surface area contributed by atoms with Crippen LogP contribution < -0.4 is 37.9 Å². The van der Waals surface area contributed by atoms with Crippen LogP contribution in [-0.4, -0.2) is 143 Å². The molecule has 0 radical (unpaired) electrons. The number of unbranched alkanes of at least 4 members (excludes halogenated alkanes) is 2. The molecule has 2 heterocycles. The molecule has 4 amide bonds. The molecular formula is C64H91BrN12O10. The van der Waals surface area contributed by atoms with Gasteiger partial charge in [-0.3, -0.25) is 43.3 Å². The summed E-state index contributed by atoms with van der Waals surface area (Å²) in [5.74, 6) is -4.13. The molecule has 1 fully saturated rings. The molecule has 1 saturated carbocycles. The average molecular weight is 1270 g/mol. The number of ketones is 4. The van der Waals surface area contributed by atoms with Crippen LogP contribution in [0.5, 0.6) is 5.75 Å². The average Bonchev–Trinajstić information content (AvgIpc) is 4.21. The Morgan fingerprint density at radius 2 is 1.51 bits per heavy atom. The van der Waals surface area contributed by atoms with Gasteiger partial charge >= 0.3 is 0 Å². The Hall–Kier alpha value is -7.24. The Labute approximate surface area is 520 Å². The lowest BCUT2D eigenvalue weighted by Crippen LogP contribution is -2.49. The second-order valence-corrected chi connectivity index (χ2v) is 23.9. The van der Waals surface area contributed by atoms with E-state index in [-0.39, 0.29) is 100.0 Å². The van der Waals surface area contributed by atoms with Gasteiger partial charge in [-0.05, 0) is 122 Å². The molecule has 10 N–H and O–H groups in total. The highest BCUT2D eigenvalue weighted by atomic mass is 79.9. The second kappa shape index (κ2) is 38.1. The van der Waals surface area contributed by atoms with Crippen molar-refractivity contribution in [2.45, 2.75) is 148 Å². The highest BCUT2D eigenvalue weighted by Crippen LogP contribution is 2.28. The maximum Gasteiger partial charge on any atom is 0.225 e. The van der Waals surface area contributed by atoms with Crippen molar-refractivity contribution >= 4 is 68.7 Å². The molecule has 22 nitrogen and oxygen atoms in total. The standard InChI is InChI=1S/C64H91BrN12O10/c1-42(2)52(62(84)76-56(35-48-37-70-41-73-48)57(80)34-47(60(82)69-3)31-43-15-6-5-7-16-43)36-58(81)55(22-13-28-71-64(67)68)75-61(83)46(17-8-10-27-66)33-50(79)40-86-39-49(78)20-14-30-87-51-25-23-44(24-26-51)32-59-72-38-53(65)54(74-59)21-9-11-29-77(4)63(85)45-18-12-19-45/h5-7,15-16,23-26,37-38,41-42,45-47,52,55-56H,8-14,17-22,27-36,39-40,66H2,1-4H3,(H,69,82)(H,70,73)(H,75,83)(H,76,84)(H4,67,68,71)/t46-,47-,52+,55+,56+/m1/s1. The number of guanidine groups is 1. The molecule has 87 heavy (non-hydrogen) atoms. The number of ether oxygens (including phenoxy) is 2. The lowest BCUT2D eigenvalue weighted by atomic mass is 9.84. The molecule has 0 aliphatic heterocycles. The summed E-state index contributed by atoms with van der Waals surface area (Å²) in [6.07, 6.45) is 13.1. The van der Waals surface area contributed by atoms with E-state index in [0.29, 0.717) is 62.3 Å². The predicted octanol–water partition coefficient (Wildman–Crippen LogP) is 5.64. The normalized spacial score (nSPS) is 13.9. The van der Waals surface area contributed by atoms with Gasteiger partial charge < -0.3 is 52.5 Å². The number of hydrogen-bond donors (Lipinski definition) is 7.